The lowest BCUT2D eigenvalue weighted by atomic mass is 10.1. The van der Waals surface area contributed by atoms with Crippen molar-refractivity contribution in [1.29, 1.82) is 0 Å². The second kappa shape index (κ2) is 8.34. The van der Waals surface area contributed by atoms with E-state index >= 15 is 0 Å². The first-order valence-electron chi connectivity index (χ1n) is 8.60. The average Bonchev–Trinajstić information content (AvgIpc) is 3.04. The molecule has 0 unspecified atom stereocenters. The molecule has 0 aliphatic carbocycles. The minimum Gasteiger partial charge on any atom is -0.490 e. The summed E-state index contributed by atoms with van der Waals surface area (Å²) >= 11 is 0. The van der Waals surface area contributed by atoms with Gasteiger partial charge >= 0.3 is 11.9 Å². The Morgan fingerprint density at radius 2 is 2.03 bits per heavy atom. The average molecular weight is 396 g/mol. The third kappa shape index (κ3) is 4.64. The summed E-state index contributed by atoms with van der Waals surface area (Å²) in [5.74, 6) is -0.592. The maximum atomic E-state index is 12.2. The molecule has 0 amide bonds. The number of hydrogen-bond acceptors (Lipinski definition) is 8. The van der Waals surface area contributed by atoms with Gasteiger partial charge in [0.15, 0.2) is 17.2 Å². The number of nitro benzene ring substituents is 1. The lowest BCUT2D eigenvalue weighted by Crippen LogP contribution is -2.06. The predicted octanol–water partition coefficient (Wildman–Crippen LogP) is 3.26. The van der Waals surface area contributed by atoms with Crippen molar-refractivity contribution < 1.29 is 28.7 Å². The summed E-state index contributed by atoms with van der Waals surface area (Å²) in [4.78, 5) is 37.9. The van der Waals surface area contributed by atoms with Gasteiger partial charge in [0.2, 0.25) is 5.90 Å². The maximum absolute atomic E-state index is 12.2. The SMILES string of the molecule is CCOc1cc(/C=C2\N=C(c3cccc([N+](=O)[O-])c3)OC2=O)ccc1OC(C)=O. The van der Waals surface area contributed by atoms with Crippen LogP contribution in [0.1, 0.15) is 25.0 Å². The quantitative estimate of drug-likeness (QED) is 0.242. The minimum atomic E-state index is -0.687. The molecule has 1 heterocycles. The zero-order valence-electron chi connectivity index (χ0n) is 15.6. The lowest BCUT2D eigenvalue weighted by Gasteiger charge is -2.10. The van der Waals surface area contributed by atoms with E-state index in [2.05, 4.69) is 4.99 Å². The van der Waals surface area contributed by atoms with Gasteiger partial charge in [-0.15, -0.1) is 0 Å². The maximum Gasteiger partial charge on any atom is 0.363 e. The molecular weight excluding hydrogens is 380 g/mol. The molecule has 9 heteroatoms. The molecule has 0 fully saturated rings. The van der Waals surface area contributed by atoms with Gasteiger partial charge in [0.05, 0.1) is 11.5 Å². The van der Waals surface area contributed by atoms with Crippen molar-refractivity contribution in [2.24, 2.45) is 4.99 Å². The van der Waals surface area contributed by atoms with Gasteiger partial charge in [0.1, 0.15) is 0 Å². The van der Waals surface area contributed by atoms with Crippen LogP contribution in [0.5, 0.6) is 11.5 Å². The first-order valence-corrected chi connectivity index (χ1v) is 8.60. The summed E-state index contributed by atoms with van der Waals surface area (Å²) in [6, 6.07) is 10.4. The highest BCUT2D eigenvalue weighted by molar-refractivity contribution is 6.13. The highest BCUT2D eigenvalue weighted by Gasteiger charge is 2.25. The van der Waals surface area contributed by atoms with Crippen LogP contribution < -0.4 is 9.47 Å². The number of benzene rings is 2. The molecule has 0 aromatic heterocycles. The van der Waals surface area contributed by atoms with E-state index in [-0.39, 0.29) is 23.0 Å². The Morgan fingerprint density at radius 3 is 2.72 bits per heavy atom. The number of carbonyl (C=O) groups excluding carboxylic acids is 2. The number of nitrogens with zero attached hydrogens (tertiary/aromatic N) is 2. The van der Waals surface area contributed by atoms with Crippen LogP contribution in [0.2, 0.25) is 0 Å². The highest BCUT2D eigenvalue weighted by atomic mass is 16.6. The molecule has 0 bridgehead atoms. The largest absolute Gasteiger partial charge is 0.490 e. The minimum absolute atomic E-state index is 0.0217. The van der Waals surface area contributed by atoms with Crippen molar-refractivity contribution in [1.82, 2.24) is 0 Å². The first kappa shape index (κ1) is 19.7. The monoisotopic (exact) mass is 396 g/mol. The molecule has 2 aromatic rings. The summed E-state index contributed by atoms with van der Waals surface area (Å²) in [6.45, 7) is 3.42. The van der Waals surface area contributed by atoms with Crippen LogP contribution in [0.3, 0.4) is 0 Å². The van der Waals surface area contributed by atoms with Crippen LogP contribution in [0.25, 0.3) is 6.08 Å². The van der Waals surface area contributed by atoms with Gasteiger partial charge in [0.25, 0.3) is 5.69 Å². The summed E-state index contributed by atoms with van der Waals surface area (Å²) < 4.78 is 15.7. The third-order valence-electron chi connectivity index (χ3n) is 3.75. The zero-order valence-corrected chi connectivity index (χ0v) is 15.6. The van der Waals surface area contributed by atoms with E-state index in [4.69, 9.17) is 14.2 Å². The summed E-state index contributed by atoms with van der Waals surface area (Å²) in [5.41, 5.74) is 0.770. The number of rotatable bonds is 6. The topological polar surface area (TPSA) is 117 Å². The number of cyclic esters (lactones) is 1. The summed E-state index contributed by atoms with van der Waals surface area (Å²) in [7, 11) is 0. The highest BCUT2D eigenvalue weighted by Crippen LogP contribution is 2.30. The molecule has 29 heavy (non-hydrogen) atoms. The number of esters is 2. The molecular formula is C20H16N2O7. The molecule has 0 spiro atoms. The smallest absolute Gasteiger partial charge is 0.363 e. The van der Waals surface area contributed by atoms with E-state index in [1.165, 1.54) is 31.2 Å². The normalized spacial score (nSPS) is 14.3. The predicted molar refractivity (Wildman–Crippen MR) is 103 cm³/mol. The molecule has 1 aliphatic rings. The fourth-order valence-corrected chi connectivity index (χ4v) is 2.56. The van der Waals surface area contributed by atoms with Gasteiger partial charge in [0, 0.05) is 24.6 Å². The van der Waals surface area contributed by atoms with Crippen LogP contribution in [0.4, 0.5) is 5.69 Å². The molecule has 2 aromatic carbocycles. The van der Waals surface area contributed by atoms with E-state index in [1.807, 2.05) is 0 Å². The van der Waals surface area contributed by atoms with Crippen molar-refractivity contribution in [3.63, 3.8) is 0 Å². The molecule has 0 atom stereocenters. The van der Waals surface area contributed by atoms with Crippen LogP contribution >= 0.6 is 0 Å². The van der Waals surface area contributed by atoms with Gasteiger partial charge in [-0.2, -0.15) is 0 Å². The number of ether oxygens (including phenoxy) is 3. The fraction of sp³-hybridized carbons (Fsp3) is 0.150. The molecule has 0 saturated heterocycles. The van der Waals surface area contributed by atoms with Gasteiger partial charge < -0.3 is 14.2 Å². The van der Waals surface area contributed by atoms with Gasteiger partial charge in [-0.3, -0.25) is 14.9 Å². The third-order valence-corrected chi connectivity index (χ3v) is 3.75. The van der Waals surface area contributed by atoms with Crippen molar-refractivity contribution in [3.05, 3.63) is 69.4 Å². The standard InChI is InChI=1S/C20H16N2O7/c1-3-27-18-10-13(7-8-17(18)28-12(2)23)9-16-20(24)29-19(21-16)14-5-4-6-15(11-14)22(25)26/h4-11H,3H2,1-2H3/b16-9-. The number of aliphatic imine (C=N–C) groups is 1. The summed E-state index contributed by atoms with van der Waals surface area (Å²) in [5, 5.41) is 10.9. The molecule has 0 saturated carbocycles. The van der Waals surface area contributed by atoms with Crippen LogP contribution in [-0.2, 0) is 14.3 Å². The Balaban J connectivity index is 1.92. The van der Waals surface area contributed by atoms with E-state index in [1.54, 1.807) is 31.2 Å². The van der Waals surface area contributed by atoms with Gasteiger partial charge in [-0.1, -0.05) is 12.1 Å². The van der Waals surface area contributed by atoms with Crippen molar-refractivity contribution in [3.8, 4) is 11.5 Å². The van der Waals surface area contributed by atoms with E-state index in [0.29, 0.717) is 23.5 Å². The Morgan fingerprint density at radius 1 is 1.24 bits per heavy atom. The molecule has 1 aliphatic heterocycles. The van der Waals surface area contributed by atoms with Crippen LogP contribution in [-0.4, -0.2) is 29.4 Å². The molecule has 148 valence electrons. The first-order chi connectivity index (χ1) is 13.9. The van der Waals surface area contributed by atoms with Gasteiger partial charge in [-0.05, 0) is 36.8 Å². The molecule has 9 nitrogen and oxygen atoms in total. The number of hydrogen-bond donors (Lipinski definition) is 0. The van der Waals surface area contributed by atoms with E-state index in [0.717, 1.165) is 0 Å². The Bertz CT molecular complexity index is 1060. The van der Waals surface area contributed by atoms with Crippen molar-refractivity contribution >= 4 is 29.6 Å². The lowest BCUT2D eigenvalue weighted by molar-refractivity contribution is -0.384. The fourth-order valence-electron chi connectivity index (χ4n) is 2.56. The Labute approximate surface area is 165 Å². The van der Waals surface area contributed by atoms with Crippen molar-refractivity contribution in [2.75, 3.05) is 6.61 Å². The van der Waals surface area contributed by atoms with E-state index < -0.39 is 16.9 Å². The van der Waals surface area contributed by atoms with E-state index in [9.17, 15) is 19.7 Å². The molecule has 3 rings (SSSR count). The number of nitro groups is 1. The second-order valence-electron chi connectivity index (χ2n) is 5.88. The number of carbonyl (C=O) groups is 2. The summed E-state index contributed by atoms with van der Waals surface area (Å²) in [6.07, 6.45) is 1.48. The zero-order chi connectivity index (χ0) is 21.0. The second-order valence-corrected chi connectivity index (χ2v) is 5.88. The van der Waals surface area contributed by atoms with Crippen molar-refractivity contribution in [2.45, 2.75) is 13.8 Å². The molecule has 0 N–H and O–H groups in total. The Kier molecular flexibility index (Phi) is 5.68. The molecule has 0 radical (unpaired) electrons. The Hall–Kier alpha value is -4.01. The van der Waals surface area contributed by atoms with Crippen LogP contribution in [0, 0.1) is 10.1 Å². The number of non-ortho nitro benzene ring substituents is 1. The van der Waals surface area contributed by atoms with Gasteiger partial charge in [-0.25, -0.2) is 9.79 Å². The van der Waals surface area contributed by atoms with Crippen LogP contribution in [0.15, 0.2) is 53.2 Å².